The maximum Gasteiger partial charge on any atom is 0.171 e. The van der Waals surface area contributed by atoms with E-state index >= 15 is 0 Å². The number of benzene rings is 1. The Kier molecular flexibility index (Phi) is 3.76. The highest BCUT2D eigenvalue weighted by molar-refractivity contribution is 14.1. The summed E-state index contributed by atoms with van der Waals surface area (Å²) in [5.41, 5.74) is 1.29. The third kappa shape index (κ3) is 2.84. The van der Waals surface area contributed by atoms with E-state index in [-0.39, 0.29) is 0 Å². The van der Waals surface area contributed by atoms with Crippen LogP contribution in [0.4, 0.5) is 11.5 Å². The Morgan fingerprint density at radius 2 is 2.18 bits per heavy atom. The Morgan fingerprint density at radius 3 is 2.88 bits per heavy atom. The normalized spacial score (nSPS) is 9.71. The zero-order valence-electron chi connectivity index (χ0n) is 8.48. The van der Waals surface area contributed by atoms with E-state index in [2.05, 4.69) is 44.2 Å². The quantitative estimate of drug-likeness (QED) is 0.838. The van der Waals surface area contributed by atoms with Gasteiger partial charge in [0.05, 0.1) is 17.4 Å². The van der Waals surface area contributed by atoms with E-state index in [1.165, 1.54) is 6.20 Å². The van der Waals surface area contributed by atoms with Crippen molar-refractivity contribution in [2.45, 2.75) is 0 Å². The van der Waals surface area contributed by atoms with Crippen LogP contribution in [-0.2, 0) is 0 Å². The van der Waals surface area contributed by atoms with Crippen molar-refractivity contribution >= 4 is 45.7 Å². The highest BCUT2D eigenvalue weighted by Gasteiger charge is 2.06. The molecule has 2 aromatic rings. The van der Waals surface area contributed by atoms with E-state index in [9.17, 15) is 0 Å². The molecule has 0 fully saturated rings. The third-order valence-corrected chi connectivity index (χ3v) is 3.15. The van der Waals surface area contributed by atoms with E-state index in [0.29, 0.717) is 16.4 Å². The van der Waals surface area contributed by atoms with Crippen molar-refractivity contribution in [2.24, 2.45) is 0 Å². The van der Waals surface area contributed by atoms with E-state index in [0.717, 1.165) is 9.26 Å². The lowest BCUT2D eigenvalue weighted by Gasteiger charge is -2.08. The van der Waals surface area contributed by atoms with Gasteiger partial charge in [-0.05, 0) is 46.9 Å². The fraction of sp³-hybridized carbons (Fsp3) is 0. The number of aromatic nitrogens is 2. The summed E-state index contributed by atoms with van der Waals surface area (Å²) in [4.78, 5) is 0. The van der Waals surface area contributed by atoms with Gasteiger partial charge in [-0.1, -0.05) is 11.6 Å². The van der Waals surface area contributed by atoms with Crippen LogP contribution in [0.5, 0.6) is 0 Å². The van der Waals surface area contributed by atoms with E-state index < -0.39 is 0 Å². The number of halogens is 2. The number of nitrogens with zero attached hydrogens (tertiary/aromatic N) is 3. The van der Waals surface area contributed by atoms with Crippen molar-refractivity contribution in [1.29, 1.82) is 5.26 Å². The first kappa shape index (κ1) is 12.1. The summed E-state index contributed by atoms with van der Waals surface area (Å²) in [7, 11) is 0. The van der Waals surface area contributed by atoms with Gasteiger partial charge >= 0.3 is 0 Å². The molecule has 1 heterocycles. The summed E-state index contributed by atoms with van der Waals surface area (Å²) in [5.74, 6) is 0.440. The predicted octanol–water partition coefficient (Wildman–Crippen LogP) is 3.35. The van der Waals surface area contributed by atoms with Crippen molar-refractivity contribution < 1.29 is 0 Å². The Hall–Kier alpha value is -1.39. The zero-order chi connectivity index (χ0) is 12.3. The van der Waals surface area contributed by atoms with E-state index in [1.807, 2.05) is 12.1 Å². The van der Waals surface area contributed by atoms with Gasteiger partial charge in [0.25, 0.3) is 0 Å². The van der Waals surface area contributed by atoms with Crippen LogP contribution in [-0.4, -0.2) is 10.2 Å². The fourth-order valence-corrected chi connectivity index (χ4v) is 2.24. The Bertz CT molecular complexity index is 594. The number of anilines is 2. The molecule has 0 aliphatic rings. The highest BCUT2D eigenvalue weighted by Crippen LogP contribution is 2.25. The summed E-state index contributed by atoms with van der Waals surface area (Å²) < 4.78 is 0.949. The SMILES string of the molecule is N#Cc1ccnnc1Nc1ccc(Cl)cc1I. The van der Waals surface area contributed by atoms with Crippen LogP contribution in [0.3, 0.4) is 0 Å². The molecule has 0 bridgehead atoms. The molecular formula is C11H6ClIN4. The Labute approximate surface area is 117 Å². The summed E-state index contributed by atoms with van der Waals surface area (Å²) in [6.07, 6.45) is 1.48. The van der Waals surface area contributed by atoms with Crippen molar-refractivity contribution in [1.82, 2.24) is 10.2 Å². The van der Waals surface area contributed by atoms with Gasteiger partial charge in [-0.15, -0.1) is 5.10 Å². The van der Waals surface area contributed by atoms with Gasteiger partial charge in [-0.3, -0.25) is 0 Å². The lowest BCUT2D eigenvalue weighted by Crippen LogP contribution is -1.99. The molecule has 84 valence electrons. The molecule has 0 aliphatic heterocycles. The number of hydrogen-bond donors (Lipinski definition) is 1. The van der Waals surface area contributed by atoms with Crippen LogP contribution < -0.4 is 5.32 Å². The minimum atomic E-state index is 0.440. The standard InChI is InChI=1S/C11H6ClIN4/c12-8-1-2-10(9(13)5-8)16-11-7(6-14)3-4-15-17-11/h1-5H,(H,16,17). The number of rotatable bonds is 2. The van der Waals surface area contributed by atoms with Crippen LogP contribution >= 0.6 is 34.2 Å². The predicted molar refractivity (Wildman–Crippen MR) is 74.2 cm³/mol. The molecule has 4 nitrogen and oxygen atoms in total. The van der Waals surface area contributed by atoms with Gasteiger partial charge < -0.3 is 5.32 Å². The summed E-state index contributed by atoms with van der Waals surface area (Å²) in [5, 5.41) is 20.3. The van der Waals surface area contributed by atoms with Crippen molar-refractivity contribution in [2.75, 3.05) is 5.32 Å². The minimum absolute atomic E-state index is 0.440. The fourth-order valence-electron chi connectivity index (χ4n) is 1.23. The second-order valence-electron chi connectivity index (χ2n) is 3.15. The molecule has 0 unspecified atom stereocenters. The first-order valence-corrected chi connectivity index (χ1v) is 6.10. The van der Waals surface area contributed by atoms with Crippen molar-refractivity contribution in [3.05, 3.63) is 44.6 Å². The molecule has 0 radical (unpaired) electrons. The molecule has 0 aliphatic carbocycles. The molecule has 0 amide bonds. The smallest absolute Gasteiger partial charge is 0.171 e. The molecule has 0 saturated carbocycles. The Balaban J connectivity index is 2.35. The molecule has 1 aromatic heterocycles. The minimum Gasteiger partial charge on any atom is -0.337 e. The molecule has 1 aromatic carbocycles. The molecule has 6 heteroatoms. The van der Waals surface area contributed by atoms with E-state index in [1.54, 1.807) is 12.1 Å². The largest absolute Gasteiger partial charge is 0.337 e. The molecule has 2 rings (SSSR count). The first-order chi connectivity index (χ1) is 8.20. The van der Waals surface area contributed by atoms with Gasteiger partial charge in [0.15, 0.2) is 5.82 Å². The molecule has 0 saturated heterocycles. The maximum absolute atomic E-state index is 8.93. The van der Waals surface area contributed by atoms with Crippen LogP contribution in [0, 0.1) is 14.9 Å². The van der Waals surface area contributed by atoms with Crippen LogP contribution in [0.2, 0.25) is 5.02 Å². The average molecular weight is 357 g/mol. The monoisotopic (exact) mass is 356 g/mol. The number of nitriles is 1. The Morgan fingerprint density at radius 1 is 1.35 bits per heavy atom. The lowest BCUT2D eigenvalue weighted by molar-refractivity contribution is 1.03. The highest BCUT2D eigenvalue weighted by atomic mass is 127. The van der Waals surface area contributed by atoms with Crippen LogP contribution in [0.25, 0.3) is 0 Å². The topological polar surface area (TPSA) is 61.6 Å². The number of hydrogen-bond acceptors (Lipinski definition) is 4. The van der Waals surface area contributed by atoms with Crippen LogP contribution in [0.15, 0.2) is 30.5 Å². The summed E-state index contributed by atoms with van der Waals surface area (Å²) in [6.45, 7) is 0. The second kappa shape index (κ2) is 5.29. The summed E-state index contributed by atoms with van der Waals surface area (Å²) in [6, 6.07) is 9.09. The molecule has 17 heavy (non-hydrogen) atoms. The van der Waals surface area contributed by atoms with Gasteiger partial charge in [-0.2, -0.15) is 10.4 Å². The molecule has 0 atom stereocenters. The number of nitrogens with one attached hydrogen (secondary N) is 1. The van der Waals surface area contributed by atoms with E-state index in [4.69, 9.17) is 16.9 Å². The van der Waals surface area contributed by atoms with Gasteiger partial charge in [0.1, 0.15) is 6.07 Å². The third-order valence-electron chi connectivity index (χ3n) is 2.03. The lowest BCUT2D eigenvalue weighted by atomic mass is 10.3. The maximum atomic E-state index is 8.93. The first-order valence-electron chi connectivity index (χ1n) is 4.64. The van der Waals surface area contributed by atoms with Gasteiger partial charge in [0, 0.05) is 8.59 Å². The van der Waals surface area contributed by atoms with Crippen molar-refractivity contribution in [3.8, 4) is 6.07 Å². The van der Waals surface area contributed by atoms with Crippen LogP contribution in [0.1, 0.15) is 5.56 Å². The molecule has 0 spiro atoms. The summed E-state index contributed by atoms with van der Waals surface area (Å²) >= 11 is 8.02. The zero-order valence-corrected chi connectivity index (χ0v) is 11.4. The van der Waals surface area contributed by atoms with Crippen molar-refractivity contribution in [3.63, 3.8) is 0 Å². The molecular weight excluding hydrogens is 351 g/mol. The van der Waals surface area contributed by atoms with Gasteiger partial charge in [0.2, 0.25) is 0 Å². The average Bonchev–Trinajstić information content (AvgIpc) is 2.33. The molecule has 1 N–H and O–H groups in total. The second-order valence-corrected chi connectivity index (χ2v) is 4.75. The van der Waals surface area contributed by atoms with Gasteiger partial charge in [-0.25, -0.2) is 0 Å².